The first kappa shape index (κ1) is 12.8. The number of carbonyl (C=O) groups is 1. The summed E-state index contributed by atoms with van der Waals surface area (Å²) in [4.78, 5) is 18.2. The average molecular weight is 248 g/mol. The van der Waals surface area contributed by atoms with Gasteiger partial charge in [0.05, 0.1) is 5.56 Å². The number of aromatic nitrogens is 1. The maximum atomic E-state index is 11.6. The summed E-state index contributed by atoms with van der Waals surface area (Å²) in [6.45, 7) is 6.74. The maximum absolute atomic E-state index is 11.6. The van der Waals surface area contributed by atoms with Crippen molar-refractivity contribution in [1.82, 2.24) is 10.3 Å². The Kier molecular flexibility index (Phi) is 3.81. The first-order valence-electron chi connectivity index (χ1n) is 6.38. The molecule has 1 saturated heterocycles. The van der Waals surface area contributed by atoms with Crippen molar-refractivity contribution in [3.63, 3.8) is 0 Å². The molecule has 1 aliphatic heterocycles. The molecule has 1 fully saturated rings. The number of nitrogens with two attached hydrogens (primary N) is 1. The second-order valence-corrected chi connectivity index (χ2v) is 4.62. The van der Waals surface area contributed by atoms with Gasteiger partial charge in [0, 0.05) is 25.3 Å². The molecule has 0 spiro atoms. The number of nitrogens with zero attached hydrogens (tertiary/aromatic N) is 2. The van der Waals surface area contributed by atoms with E-state index in [2.05, 4.69) is 22.1 Å². The highest BCUT2D eigenvalue weighted by atomic mass is 16.1. The summed E-state index contributed by atoms with van der Waals surface area (Å²) in [7, 11) is 0. The van der Waals surface area contributed by atoms with Gasteiger partial charge in [-0.25, -0.2) is 4.98 Å². The smallest absolute Gasteiger partial charge is 0.252 e. The van der Waals surface area contributed by atoms with Crippen LogP contribution in [0.25, 0.3) is 0 Å². The predicted molar refractivity (Wildman–Crippen MR) is 71.8 cm³/mol. The van der Waals surface area contributed by atoms with Gasteiger partial charge in [0.1, 0.15) is 5.82 Å². The van der Waals surface area contributed by atoms with Gasteiger partial charge in [0.2, 0.25) is 0 Å². The molecule has 98 valence electrons. The largest absolute Gasteiger partial charge is 0.365 e. The van der Waals surface area contributed by atoms with E-state index >= 15 is 0 Å². The molecule has 3 N–H and O–H groups in total. The van der Waals surface area contributed by atoms with Crippen LogP contribution in [0.2, 0.25) is 0 Å². The summed E-state index contributed by atoms with van der Waals surface area (Å²) in [5.74, 6) is 0.318. The number of primary amides is 1. The fourth-order valence-electron chi connectivity index (χ4n) is 2.55. The van der Waals surface area contributed by atoms with Gasteiger partial charge in [-0.1, -0.05) is 0 Å². The van der Waals surface area contributed by atoms with E-state index < -0.39 is 5.91 Å². The molecule has 1 unspecified atom stereocenters. The Morgan fingerprint density at radius 3 is 3.00 bits per heavy atom. The molecule has 1 atom stereocenters. The molecule has 18 heavy (non-hydrogen) atoms. The fourth-order valence-corrected chi connectivity index (χ4v) is 2.55. The molecule has 0 aromatic carbocycles. The van der Waals surface area contributed by atoms with Crippen molar-refractivity contribution in [2.75, 3.05) is 24.5 Å². The van der Waals surface area contributed by atoms with Gasteiger partial charge in [0.25, 0.3) is 5.91 Å². The molecule has 0 saturated carbocycles. The Balaban J connectivity index is 2.41. The molecule has 0 radical (unpaired) electrons. The highest BCUT2D eigenvalue weighted by Crippen LogP contribution is 2.24. The Morgan fingerprint density at radius 2 is 2.44 bits per heavy atom. The van der Waals surface area contributed by atoms with Crippen molar-refractivity contribution >= 4 is 11.7 Å². The lowest BCUT2D eigenvalue weighted by Gasteiger charge is -2.30. The summed E-state index contributed by atoms with van der Waals surface area (Å²) in [6, 6.07) is 2.21. The Morgan fingerprint density at radius 1 is 1.67 bits per heavy atom. The van der Waals surface area contributed by atoms with Crippen molar-refractivity contribution in [3.8, 4) is 0 Å². The Labute approximate surface area is 107 Å². The van der Waals surface area contributed by atoms with Gasteiger partial charge in [-0.2, -0.15) is 0 Å². The number of likely N-dealkylation sites (N-methyl/N-ethyl adjacent to an activating group) is 1. The van der Waals surface area contributed by atoms with E-state index in [0.29, 0.717) is 11.6 Å². The van der Waals surface area contributed by atoms with Crippen LogP contribution in [0.15, 0.2) is 12.3 Å². The number of amides is 1. The zero-order valence-electron chi connectivity index (χ0n) is 10.9. The summed E-state index contributed by atoms with van der Waals surface area (Å²) in [5, 5.41) is 3.33. The van der Waals surface area contributed by atoms with Crippen LogP contribution < -0.4 is 16.0 Å². The summed E-state index contributed by atoms with van der Waals surface area (Å²) in [6.07, 6.45) is 2.81. The summed E-state index contributed by atoms with van der Waals surface area (Å²) >= 11 is 0. The molecular formula is C13H20N4O. The topological polar surface area (TPSA) is 71.2 Å². The predicted octanol–water partition coefficient (Wildman–Crippen LogP) is 0.677. The van der Waals surface area contributed by atoms with Crippen LogP contribution in [-0.2, 0) is 0 Å². The van der Waals surface area contributed by atoms with Gasteiger partial charge >= 0.3 is 0 Å². The van der Waals surface area contributed by atoms with Gasteiger partial charge in [-0.15, -0.1) is 0 Å². The number of pyridine rings is 1. The molecule has 1 aromatic rings. The molecule has 0 aliphatic carbocycles. The lowest BCUT2D eigenvalue weighted by Crippen LogP contribution is -2.39. The van der Waals surface area contributed by atoms with Crippen LogP contribution >= 0.6 is 0 Å². The minimum atomic E-state index is -0.403. The molecule has 0 bridgehead atoms. The first-order chi connectivity index (χ1) is 8.65. The third-order valence-corrected chi connectivity index (χ3v) is 3.47. The second-order valence-electron chi connectivity index (χ2n) is 4.62. The SMILES string of the molecule is CCN(c1nccc(C)c1C(N)=O)C1CCNC1. The monoisotopic (exact) mass is 248 g/mol. The van der Waals surface area contributed by atoms with Crippen molar-refractivity contribution in [1.29, 1.82) is 0 Å². The van der Waals surface area contributed by atoms with Crippen molar-refractivity contribution in [2.45, 2.75) is 26.3 Å². The highest BCUT2D eigenvalue weighted by molar-refractivity contribution is 5.99. The van der Waals surface area contributed by atoms with E-state index in [4.69, 9.17) is 5.73 Å². The number of hydrogen-bond donors (Lipinski definition) is 2. The zero-order chi connectivity index (χ0) is 13.1. The molecule has 2 rings (SSSR count). The lowest BCUT2D eigenvalue weighted by atomic mass is 10.1. The van der Waals surface area contributed by atoms with Gasteiger partial charge in [0.15, 0.2) is 0 Å². The van der Waals surface area contributed by atoms with E-state index in [0.717, 1.165) is 37.4 Å². The maximum Gasteiger partial charge on any atom is 0.252 e. The zero-order valence-corrected chi connectivity index (χ0v) is 10.9. The minimum Gasteiger partial charge on any atom is -0.365 e. The number of aryl methyl sites for hydroxylation is 1. The van der Waals surface area contributed by atoms with Crippen LogP contribution in [0.4, 0.5) is 5.82 Å². The minimum absolute atomic E-state index is 0.391. The van der Waals surface area contributed by atoms with E-state index in [-0.39, 0.29) is 0 Å². The third-order valence-electron chi connectivity index (χ3n) is 3.47. The van der Waals surface area contributed by atoms with Crippen LogP contribution in [0.3, 0.4) is 0 Å². The lowest BCUT2D eigenvalue weighted by molar-refractivity contribution is 0.1000. The Hall–Kier alpha value is -1.62. The van der Waals surface area contributed by atoms with E-state index in [1.807, 2.05) is 13.0 Å². The van der Waals surface area contributed by atoms with Crippen molar-refractivity contribution < 1.29 is 4.79 Å². The standard InChI is InChI=1S/C13H20N4O/c1-3-17(10-5-6-15-8-10)13-11(12(14)18)9(2)4-7-16-13/h4,7,10,15H,3,5-6,8H2,1-2H3,(H2,14,18). The third kappa shape index (κ3) is 2.31. The fraction of sp³-hybridized carbons (Fsp3) is 0.538. The molecule has 2 heterocycles. The molecule has 1 aromatic heterocycles. The number of nitrogens with one attached hydrogen (secondary N) is 1. The molecule has 5 heteroatoms. The quantitative estimate of drug-likeness (QED) is 0.822. The van der Waals surface area contributed by atoms with Gasteiger partial charge in [-0.3, -0.25) is 4.79 Å². The highest BCUT2D eigenvalue weighted by Gasteiger charge is 2.26. The van der Waals surface area contributed by atoms with Crippen LogP contribution in [0, 0.1) is 6.92 Å². The van der Waals surface area contributed by atoms with Crippen LogP contribution in [0.1, 0.15) is 29.3 Å². The van der Waals surface area contributed by atoms with Gasteiger partial charge < -0.3 is 16.0 Å². The van der Waals surface area contributed by atoms with Crippen molar-refractivity contribution in [3.05, 3.63) is 23.4 Å². The van der Waals surface area contributed by atoms with Gasteiger partial charge in [-0.05, 0) is 38.4 Å². The van der Waals surface area contributed by atoms with Crippen molar-refractivity contribution in [2.24, 2.45) is 5.73 Å². The van der Waals surface area contributed by atoms with E-state index in [1.165, 1.54) is 0 Å². The number of hydrogen-bond acceptors (Lipinski definition) is 4. The first-order valence-corrected chi connectivity index (χ1v) is 6.38. The van der Waals surface area contributed by atoms with E-state index in [1.54, 1.807) is 6.20 Å². The summed E-state index contributed by atoms with van der Waals surface area (Å²) < 4.78 is 0. The molecule has 1 amide bonds. The Bertz CT molecular complexity index is 441. The van der Waals surface area contributed by atoms with Crippen LogP contribution in [0.5, 0.6) is 0 Å². The average Bonchev–Trinajstić information content (AvgIpc) is 2.83. The molecule has 5 nitrogen and oxygen atoms in total. The number of carbonyl (C=O) groups excluding carboxylic acids is 1. The molecule has 1 aliphatic rings. The summed E-state index contributed by atoms with van der Waals surface area (Å²) in [5.41, 5.74) is 6.92. The second kappa shape index (κ2) is 5.35. The number of rotatable bonds is 4. The number of anilines is 1. The normalized spacial score (nSPS) is 18.9. The van der Waals surface area contributed by atoms with Crippen LogP contribution in [-0.4, -0.2) is 36.6 Å². The molecular weight excluding hydrogens is 228 g/mol. The van der Waals surface area contributed by atoms with E-state index in [9.17, 15) is 4.79 Å².